The molecule has 0 spiro atoms. The van der Waals surface area contributed by atoms with Crippen molar-refractivity contribution in [3.8, 4) is 0 Å². The Morgan fingerprint density at radius 2 is 1.69 bits per heavy atom. The summed E-state index contributed by atoms with van der Waals surface area (Å²) in [6.07, 6.45) is 1.07. The van der Waals surface area contributed by atoms with Crippen molar-refractivity contribution in [2.45, 2.75) is 33.7 Å². The van der Waals surface area contributed by atoms with Crippen molar-refractivity contribution in [2.75, 3.05) is 6.54 Å². The second-order valence-electron chi connectivity index (χ2n) is 4.90. The van der Waals surface area contributed by atoms with E-state index in [-0.39, 0.29) is 5.41 Å². The molecule has 0 saturated carbocycles. The van der Waals surface area contributed by atoms with Crippen molar-refractivity contribution in [1.82, 2.24) is 5.32 Å². The summed E-state index contributed by atoms with van der Waals surface area (Å²) >= 11 is 0. The molecule has 1 nitrogen and oxygen atoms in total. The van der Waals surface area contributed by atoms with Crippen LogP contribution >= 0.6 is 0 Å². The first kappa shape index (κ1) is 13.1. The van der Waals surface area contributed by atoms with Gasteiger partial charge in [-0.25, -0.2) is 8.78 Å². The largest absolute Gasteiger partial charge is 0.312 e. The third-order valence-electron chi connectivity index (χ3n) is 2.81. The van der Waals surface area contributed by atoms with Crippen LogP contribution < -0.4 is 5.32 Å². The van der Waals surface area contributed by atoms with Crippen LogP contribution in [0.15, 0.2) is 18.2 Å². The van der Waals surface area contributed by atoms with Gasteiger partial charge < -0.3 is 5.32 Å². The normalized spacial score (nSPS) is 11.8. The standard InChI is InChI=1S/C13H19F2N/c1-4-13(2,3)9-16-8-10-5-11(14)7-12(15)6-10/h5-7,16H,4,8-9H2,1-3H3. The molecule has 1 aromatic carbocycles. The number of nitrogens with one attached hydrogen (secondary N) is 1. The van der Waals surface area contributed by atoms with E-state index in [9.17, 15) is 8.78 Å². The molecule has 0 unspecified atom stereocenters. The highest BCUT2D eigenvalue weighted by Crippen LogP contribution is 2.18. The molecule has 16 heavy (non-hydrogen) atoms. The molecule has 0 atom stereocenters. The minimum atomic E-state index is -0.522. The van der Waals surface area contributed by atoms with Gasteiger partial charge in [0.15, 0.2) is 0 Å². The fourth-order valence-electron chi connectivity index (χ4n) is 1.38. The molecular weight excluding hydrogens is 208 g/mol. The summed E-state index contributed by atoms with van der Waals surface area (Å²) in [6, 6.07) is 3.60. The van der Waals surface area contributed by atoms with E-state index in [4.69, 9.17) is 0 Å². The van der Waals surface area contributed by atoms with E-state index in [2.05, 4.69) is 26.1 Å². The molecule has 3 heteroatoms. The molecular formula is C13H19F2N. The van der Waals surface area contributed by atoms with Gasteiger partial charge >= 0.3 is 0 Å². The van der Waals surface area contributed by atoms with E-state index in [1.54, 1.807) is 0 Å². The lowest BCUT2D eigenvalue weighted by molar-refractivity contribution is 0.327. The van der Waals surface area contributed by atoms with Gasteiger partial charge in [-0.05, 0) is 29.5 Å². The van der Waals surface area contributed by atoms with E-state index in [0.29, 0.717) is 12.1 Å². The third-order valence-corrected chi connectivity index (χ3v) is 2.81. The molecule has 1 rings (SSSR count). The second kappa shape index (κ2) is 5.39. The van der Waals surface area contributed by atoms with Crippen molar-refractivity contribution in [2.24, 2.45) is 5.41 Å². The van der Waals surface area contributed by atoms with Crippen LogP contribution in [0.2, 0.25) is 0 Å². The Morgan fingerprint density at radius 1 is 1.12 bits per heavy atom. The molecule has 0 fully saturated rings. The van der Waals surface area contributed by atoms with Gasteiger partial charge in [-0.15, -0.1) is 0 Å². The summed E-state index contributed by atoms with van der Waals surface area (Å²) in [6.45, 7) is 7.78. The van der Waals surface area contributed by atoms with Crippen molar-refractivity contribution < 1.29 is 8.78 Å². The Kier molecular flexibility index (Phi) is 4.42. The number of benzene rings is 1. The van der Waals surface area contributed by atoms with Gasteiger partial charge in [-0.3, -0.25) is 0 Å². The van der Waals surface area contributed by atoms with Crippen molar-refractivity contribution in [3.63, 3.8) is 0 Å². The molecule has 0 saturated heterocycles. The van der Waals surface area contributed by atoms with Crippen LogP contribution in [0.3, 0.4) is 0 Å². The molecule has 0 aromatic heterocycles. The monoisotopic (exact) mass is 227 g/mol. The van der Waals surface area contributed by atoms with Gasteiger partial charge in [0.2, 0.25) is 0 Å². The summed E-state index contributed by atoms with van der Waals surface area (Å²) in [5.74, 6) is -1.04. The Bertz CT molecular complexity index is 328. The van der Waals surface area contributed by atoms with Crippen molar-refractivity contribution >= 4 is 0 Å². The Morgan fingerprint density at radius 3 is 2.19 bits per heavy atom. The zero-order valence-electron chi connectivity index (χ0n) is 10.1. The molecule has 1 N–H and O–H groups in total. The molecule has 0 heterocycles. The van der Waals surface area contributed by atoms with E-state index < -0.39 is 11.6 Å². The molecule has 0 aliphatic carbocycles. The Hall–Kier alpha value is -0.960. The average molecular weight is 227 g/mol. The van der Waals surface area contributed by atoms with Crippen molar-refractivity contribution in [1.29, 1.82) is 0 Å². The van der Waals surface area contributed by atoms with Crippen LogP contribution in [0.1, 0.15) is 32.8 Å². The van der Waals surface area contributed by atoms with Crippen LogP contribution in [-0.2, 0) is 6.54 Å². The highest BCUT2D eigenvalue weighted by atomic mass is 19.1. The average Bonchev–Trinajstić information content (AvgIpc) is 2.16. The lowest BCUT2D eigenvalue weighted by Crippen LogP contribution is -2.28. The van der Waals surface area contributed by atoms with Gasteiger partial charge in [0, 0.05) is 19.2 Å². The maximum absolute atomic E-state index is 12.9. The highest BCUT2D eigenvalue weighted by molar-refractivity contribution is 5.17. The summed E-state index contributed by atoms with van der Waals surface area (Å²) in [5.41, 5.74) is 0.857. The lowest BCUT2D eigenvalue weighted by atomic mass is 9.90. The van der Waals surface area contributed by atoms with Crippen LogP contribution in [0, 0.1) is 17.0 Å². The first-order valence-corrected chi connectivity index (χ1v) is 5.58. The Labute approximate surface area is 95.9 Å². The predicted octanol–water partition coefficient (Wildman–Crippen LogP) is 3.49. The van der Waals surface area contributed by atoms with E-state index in [1.807, 2.05) is 0 Å². The maximum Gasteiger partial charge on any atom is 0.126 e. The predicted molar refractivity (Wildman–Crippen MR) is 62.1 cm³/mol. The number of hydrogen-bond acceptors (Lipinski definition) is 1. The first-order chi connectivity index (χ1) is 7.43. The minimum Gasteiger partial charge on any atom is -0.312 e. The molecule has 90 valence electrons. The molecule has 0 radical (unpaired) electrons. The van der Waals surface area contributed by atoms with E-state index >= 15 is 0 Å². The quantitative estimate of drug-likeness (QED) is 0.812. The number of hydrogen-bond donors (Lipinski definition) is 1. The highest BCUT2D eigenvalue weighted by Gasteiger charge is 2.13. The molecule has 0 aliphatic rings. The smallest absolute Gasteiger partial charge is 0.126 e. The molecule has 0 bridgehead atoms. The fraction of sp³-hybridized carbons (Fsp3) is 0.538. The van der Waals surface area contributed by atoms with Crippen LogP contribution in [-0.4, -0.2) is 6.54 Å². The summed E-state index contributed by atoms with van der Waals surface area (Å²) in [5, 5.41) is 3.21. The fourth-order valence-corrected chi connectivity index (χ4v) is 1.38. The molecule has 0 aliphatic heterocycles. The lowest BCUT2D eigenvalue weighted by Gasteiger charge is -2.22. The Balaban J connectivity index is 2.49. The topological polar surface area (TPSA) is 12.0 Å². The SMILES string of the molecule is CCC(C)(C)CNCc1cc(F)cc(F)c1. The minimum absolute atomic E-state index is 0.214. The van der Waals surface area contributed by atoms with E-state index in [0.717, 1.165) is 19.0 Å². The first-order valence-electron chi connectivity index (χ1n) is 5.58. The van der Waals surface area contributed by atoms with Crippen LogP contribution in [0.4, 0.5) is 8.78 Å². The molecule has 1 aromatic rings. The van der Waals surface area contributed by atoms with E-state index in [1.165, 1.54) is 12.1 Å². The van der Waals surface area contributed by atoms with Gasteiger partial charge in [0.25, 0.3) is 0 Å². The van der Waals surface area contributed by atoms with Gasteiger partial charge in [0.05, 0.1) is 0 Å². The van der Waals surface area contributed by atoms with Crippen molar-refractivity contribution in [3.05, 3.63) is 35.4 Å². The van der Waals surface area contributed by atoms with Gasteiger partial charge in [-0.1, -0.05) is 20.8 Å². The second-order valence-corrected chi connectivity index (χ2v) is 4.90. The number of rotatable bonds is 5. The third kappa shape index (κ3) is 4.27. The van der Waals surface area contributed by atoms with Crippen LogP contribution in [0.25, 0.3) is 0 Å². The van der Waals surface area contributed by atoms with Gasteiger partial charge in [0.1, 0.15) is 11.6 Å². The zero-order valence-corrected chi connectivity index (χ0v) is 10.1. The molecule has 0 amide bonds. The number of halogens is 2. The van der Waals surface area contributed by atoms with Crippen LogP contribution in [0.5, 0.6) is 0 Å². The summed E-state index contributed by atoms with van der Waals surface area (Å²) < 4.78 is 25.8. The zero-order chi connectivity index (χ0) is 12.2. The maximum atomic E-state index is 12.9. The van der Waals surface area contributed by atoms with Gasteiger partial charge in [-0.2, -0.15) is 0 Å². The summed E-state index contributed by atoms with van der Waals surface area (Å²) in [7, 11) is 0. The summed E-state index contributed by atoms with van der Waals surface area (Å²) in [4.78, 5) is 0.